The van der Waals surface area contributed by atoms with E-state index in [0.29, 0.717) is 5.69 Å². The van der Waals surface area contributed by atoms with E-state index in [1.165, 1.54) is 30.3 Å². The maximum Gasteiger partial charge on any atom is 0.338 e. The maximum atomic E-state index is 12.2. The van der Waals surface area contributed by atoms with E-state index < -0.39 is 28.5 Å². The summed E-state index contributed by atoms with van der Waals surface area (Å²) >= 11 is 0. The van der Waals surface area contributed by atoms with Gasteiger partial charge in [0.1, 0.15) is 0 Å². The molecule has 0 saturated heterocycles. The first kappa shape index (κ1) is 22.3. The number of anilines is 1. The standard InChI is InChI=1S/C21H24N2O5S/c1-4-12-22-29(26,27)17-9-7-8-16(13-17)21(25)28-14-20(24)23-19-11-6-5-10-18(19)15(2)3/h4-11,13,15,22H,1,12,14H2,2-3H3,(H,23,24). The maximum absolute atomic E-state index is 12.2. The van der Waals surface area contributed by atoms with Crippen molar-refractivity contribution in [3.8, 4) is 0 Å². The van der Waals surface area contributed by atoms with Gasteiger partial charge >= 0.3 is 5.97 Å². The molecule has 2 N–H and O–H groups in total. The first-order valence-electron chi connectivity index (χ1n) is 9.01. The van der Waals surface area contributed by atoms with Crippen molar-refractivity contribution in [1.29, 1.82) is 0 Å². The van der Waals surface area contributed by atoms with E-state index in [9.17, 15) is 18.0 Å². The molecule has 0 aliphatic carbocycles. The molecule has 0 spiro atoms. The molecule has 0 bridgehead atoms. The van der Waals surface area contributed by atoms with Gasteiger partial charge in [-0.2, -0.15) is 0 Å². The molecular weight excluding hydrogens is 392 g/mol. The highest BCUT2D eigenvalue weighted by Gasteiger charge is 2.17. The van der Waals surface area contributed by atoms with Gasteiger partial charge in [0.2, 0.25) is 10.0 Å². The van der Waals surface area contributed by atoms with Crippen molar-refractivity contribution in [2.45, 2.75) is 24.7 Å². The summed E-state index contributed by atoms with van der Waals surface area (Å²) in [4.78, 5) is 24.3. The van der Waals surface area contributed by atoms with Crippen LogP contribution >= 0.6 is 0 Å². The van der Waals surface area contributed by atoms with Crippen molar-refractivity contribution in [2.75, 3.05) is 18.5 Å². The molecule has 2 aromatic carbocycles. The van der Waals surface area contributed by atoms with Gasteiger partial charge in [-0.05, 0) is 35.7 Å². The zero-order valence-corrected chi connectivity index (χ0v) is 17.2. The van der Waals surface area contributed by atoms with Gasteiger partial charge in [-0.3, -0.25) is 4.79 Å². The van der Waals surface area contributed by atoms with E-state index in [1.54, 1.807) is 12.1 Å². The van der Waals surface area contributed by atoms with Crippen LogP contribution in [0.3, 0.4) is 0 Å². The highest BCUT2D eigenvalue weighted by Crippen LogP contribution is 2.23. The molecule has 2 rings (SSSR count). The summed E-state index contributed by atoms with van der Waals surface area (Å²) in [6.07, 6.45) is 1.41. The van der Waals surface area contributed by atoms with Crippen molar-refractivity contribution >= 4 is 27.6 Å². The summed E-state index contributed by atoms with van der Waals surface area (Å²) in [5.74, 6) is -1.06. The van der Waals surface area contributed by atoms with Gasteiger partial charge in [0.25, 0.3) is 5.91 Å². The van der Waals surface area contributed by atoms with Gasteiger partial charge < -0.3 is 10.1 Å². The van der Waals surface area contributed by atoms with Crippen LogP contribution in [0.1, 0.15) is 35.7 Å². The third-order valence-corrected chi connectivity index (χ3v) is 5.41. The first-order valence-corrected chi connectivity index (χ1v) is 10.5. The minimum Gasteiger partial charge on any atom is -0.452 e. The lowest BCUT2D eigenvalue weighted by Gasteiger charge is -2.13. The zero-order valence-electron chi connectivity index (χ0n) is 16.3. The predicted molar refractivity (Wildman–Crippen MR) is 111 cm³/mol. The van der Waals surface area contributed by atoms with Crippen molar-refractivity contribution in [3.05, 3.63) is 72.3 Å². The van der Waals surface area contributed by atoms with Gasteiger partial charge in [-0.25, -0.2) is 17.9 Å². The van der Waals surface area contributed by atoms with E-state index in [2.05, 4.69) is 16.6 Å². The average Bonchev–Trinajstić information content (AvgIpc) is 2.71. The Bertz CT molecular complexity index is 1000. The summed E-state index contributed by atoms with van der Waals surface area (Å²) in [6.45, 7) is 7.05. The first-order chi connectivity index (χ1) is 13.7. The number of hydrogen-bond donors (Lipinski definition) is 2. The van der Waals surface area contributed by atoms with E-state index >= 15 is 0 Å². The smallest absolute Gasteiger partial charge is 0.338 e. The number of nitrogens with one attached hydrogen (secondary N) is 2. The number of benzene rings is 2. The lowest BCUT2D eigenvalue weighted by Crippen LogP contribution is -2.24. The normalized spacial score (nSPS) is 11.1. The van der Waals surface area contributed by atoms with Crippen LogP contribution < -0.4 is 10.0 Å². The molecule has 2 aromatic rings. The molecule has 8 heteroatoms. The second-order valence-corrected chi connectivity index (χ2v) is 8.30. The fourth-order valence-corrected chi connectivity index (χ4v) is 3.60. The van der Waals surface area contributed by atoms with Gasteiger partial charge in [0, 0.05) is 12.2 Å². The Morgan fingerprint density at radius 1 is 1.14 bits per heavy atom. The van der Waals surface area contributed by atoms with Crippen LogP contribution in [-0.4, -0.2) is 33.4 Å². The predicted octanol–water partition coefficient (Wildman–Crippen LogP) is 3.07. The lowest BCUT2D eigenvalue weighted by atomic mass is 10.0. The Kier molecular flexibility index (Phi) is 7.69. The quantitative estimate of drug-likeness (QED) is 0.483. The lowest BCUT2D eigenvalue weighted by molar-refractivity contribution is -0.119. The third kappa shape index (κ3) is 6.27. The fraction of sp³-hybridized carbons (Fsp3) is 0.238. The largest absolute Gasteiger partial charge is 0.452 e. The fourth-order valence-electron chi connectivity index (χ4n) is 2.56. The van der Waals surface area contributed by atoms with Crippen LogP contribution in [0.25, 0.3) is 0 Å². The molecule has 0 aliphatic rings. The van der Waals surface area contributed by atoms with Crippen molar-refractivity contribution in [2.24, 2.45) is 0 Å². The van der Waals surface area contributed by atoms with Crippen LogP contribution in [0.4, 0.5) is 5.69 Å². The van der Waals surface area contributed by atoms with E-state index in [4.69, 9.17) is 4.74 Å². The number of esters is 1. The summed E-state index contributed by atoms with van der Waals surface area (Å²) in [6, 6.07) is 12.8. The summed E-state index contributed by atoms with van der Waals surface area (Å²) in [7, 11) is -3.77. The van der Waals surface area contributed by atoms with Crippen molar-refractivity contribution in [1.82, 2.24) is 4.72 Å². The van der Waals surface area contributed by atoms with Crippen LogP contribution in [-0.2, 0) is 19.6 Å². The Morgan fingerprint density at radius 2 is 1.86 bits per heavy atom. The molecule has 0 saturated carbocycles. The SMILES string of the molecule is C=CCNS(=O)(=O)c1cccc(C(=O)OCC(=O)Nc2ccccc2C(C)C)c1. The number of carbonyl (C=O) groups excluding carboxylic acids is 2. The molecule has 0 unspecified atom stereocenters. The van der Waals surface area contributed by atoms with Crippen LogP contribution in [0, 0.1) is 0 Å². The number of carbonyl (C=O) groups is 2. The Balaban J connectivity index is 2.02. The zero-order chi connectivity index (χ0) is 21.4. The van der Waals surface area contributed by atoms with Gasteiger partial charge in [-0.15, -0.1) is 6.58 Å². The molecule has 29 heavy (non-hydrogen) atoms. The minimum atomic E-state index is -3.77. The van der Waals surface area contributed by atoms with E-state index in [-0.39, 0.29) is 22.9 Å². The van der Waals surface area contributed by atoms with Crippen LogP contribution in [0.2, 0.25) is 0 Å². The second kappa shape index (κ2) is 9.99. The molecule has 1 amide bonds. The third-order valence-electron chi connectivity index (χ3n) is 3.99. The highest BCUT2D eigenvalue weighted by molar-refractivity contribution is 7.89. The minimum absolute atomic E-state index is 0.0295. The topological polar surface area (TPSA) is 102 Å². The number of sulfonamides is 1. The van der Waals surface area contributed by atoms with Crippen molar-refractivity contribution in [3.63, 3.8) is 0 Å². The molecule has 154 valence electrons. The van der Waals surface area contributed by atoms with Gasteiger partial charge in [0.15, 0.2) is 6.61 Å². The molecular formula is C21H24N2O5S. The van der Waals surface area contributed by atoms with Gasteiger partial charge in [0.05, 0.1) is 10.5 Å². The van der Waals surface area contributed by atoms with Gasteiger partial charge in [-0.1, -0.05) is 44.2 Å². The number of amides is 1. The Morgan fingerprint density at radius 3 is 2.55 bits per heavy atom. The molecule has 0 aliphatic heterocycles. The van der Waals surface area contributed by atoms with Crippen LogP contribution in [0.15, 0.2) is 66.1 Å². The summed E-state index contributed by atoms with van der Waals surface area (Å²) in [5.41, 5.74) is 1.66. The molecule has 0 radical (unpaired) electrons. The monoisotopic (exact) mass is 416 g/mol. The van der Waals surface area contributed by atoms with Crippen LogP contribution in [0.5, 0.6) is 0 Å². The molecule has 7 nitrogen and oxygen atoms in total. The molecule has 0 heterocycles. The van der Waals surface area contributed by atoms with E-state index in [0.717, 1.165) is 5.56 Å². The number of ether oxygens (including phenoxy) is 1. The number of para-hydroxylation sites is 1. The van der Waals surface area contributed by atoms with Crippen molar-refractivity contribution < 1.29 is 22.7 Å². The molecule has 0 aromatic heterocycles. The Hall–Kier alpha value is -2.97. The highest BCUT2D eigenvalue weighted by atomic mass is 32.2. The Labute approximate surface area is 170 Å². The summed E-state index contributed by atoms with van der Waals surface area (Å²) in [5, 5.41) is 2.73. The molecule has 0 atom stereocenters. The van der Waals surface area contributed by atoms with E-state index in [1.807, 2.05) is 26.0 Å². The molecule has 0 fully saturated rings. The second-order valence-electron chi connectivity index (χ2n) is 6.53. The summed E-state index contributed by atoms with van der Waals surface area (Å²) < 4.78 is 31.6. The number of rotatable bonds is 9. The average molecular weight is 416 g/mol. The number of hydrogen-bond acceptors (Lipinski definition) is 5.